The number of carboxylic acid groups (broad SMARTS) is 4. The molecule has 0 spiro atoms. The molecule has 0 aliphatic carbocycles. The van der Waals surface area contributed by atoms with Gasteiger partial charge in [-0.3, -0.25) is 8.42 Å². The largest absolute Gasteiger partial charge is 2.00 e. The molecule has 0 bridgehead atoms. The number of hydrogen-bond donors (Lipinski definition) is 2. The van der Waals surface area contributed by atoms with Gasteiger partial charge in [0.05, 0.1) is 0 Å². The Morgan fingerprint density at radius 3 is 0.933 bits per heavy atom. The van der Waals surface area contributed by atoms with E-state index in [0.717, 1.165) is 0 Å². The summed E-state index contributed by atoms with van der Waals surface area (Å²) in [7, 11) is -5.17. The van der Waals surface area contributed by atoms with Crippen LogP contribution in [0.4, 0.5) is 9.59 Å². The predicted octanol–water partition coefficient (Wildman–Crippen LogP) is -4.32. The molecule has 0 aromatic heterocycles. The third kappa shape index (κ3) is 11700. The molecule has 0 aliphatic heterocycles. The zero-order valence-electron chi connectivity index (χ0n) is 6.98. The average molecular weight is 282 g/mol. The molecule has 0 heterocycles. The van der Waals surface area contributed by atoms with Crippen molar-refractivity contribution in [2.45, 2.75) is 0 Å². The maximum atomic E-state index is 8.52. The maximum Gasteiger partial charge on any atom is 2.00 e. The van der Waals surface area contributed by atoms with Crippen LogP contribution in [-0.2, 0) is 10.4 Å². The van der Waals surface area contributed by atoms with Gasteiger partial charge in [0.2, 0.25) is 12.3 Å². The molecule has 0 aliphatic rings. The minimum absolute atomic E-state index is 0. The van der Waals surface area contributed by atoms with Crippen molar-refractivity contribution in [3.05, 3.63) is 0 Å². The number of rotatable bonds is 0. The van der Waals surface area contributed by atoms with Crippen molar-refractivity contribution in [3.63, 3.8) is 0 Å². The fourth-order valence-electron chi connectivity index (χ4n) is 0. The van der Waals surface area contributed by atoms with Crippen LogP contribution >= 0.6 is 0 Å². The van der Waals surface area contributed by atoms with Crippen LogP contribution in [0, 0.1) is 0 Å². The molecule has 0 radical (unpaired) electrons. The second-order valence-corrected chi connectivity index (χ2v) is 1.76. The van der Waals surface area contributed by atoms with E-state index in [-0.39, 0.29) is 60.8 Å². The molecule has 10 nitrogen and oxygen atoms in total. The minimum Gasteiger partial charge on any atom is -0.759 e. The third-order valence-corrected chi connectivity index (χ3v) is 0. The van der Waals surface area contributed by atoms with E-state index < -0.39 is 22.7 Å². The minimum atomic E-state index is -5.17. The first-order valence-corrected chi connectivity index (χ1v) is 3.26. The van der Waals surface area contributed by atoms with Gasteiger partial charge in [0.25, 0.3) is 0 Å². The van der Waals surface area contributed by atoms with Crippen molar-refractivity contribution in [2.75, 3.05) is 0 Å². The molecular formula is C2H2CaMgO10S. The van der Waals surface area contributed by atoms with Crippen molar-refractivity contribution in [2.24, 2.45) is 0 Å². The Labute approximate surface area is 130 Å². The van der Waals surface area contributed by atoms with E-state index in [1.165, 1.54) is 0 Å². The first-order valence-electron chi connectivity index (χ1n) is 1.93. The van der Waals surface area contributed by atoms with Crippen molar-refractivity contribution in [3.8, 4) is 0 Å². The first kappa shape index (κ1) is 29.5. The molecule has 0 unspecified atom stereocenters. The molecule has 80 valence electrons. The second-order valence-electron chi connectivity index (χ2n) is 0.940. The van der Waals surface area contributed by atoms with Crippen LogP contribution < -0.4 is 10.2 Å². The number of carbonyl (C=O) groups is 2. The molecule has 0 saturated heterocycles. The summed E-state index contributed by atoms with van der Waals surface area (Å²) in [5.41, 5.74) is 0. The van der Waals surface area contributed by atoms with Crippen LogP contribution in [0.2, 0.25) is 0 Å². The van der Waals surface area contributed by atoms with E-state index in [0.29, 0.717) is 0 Å². The summed E-state index contributed by atoms with van der Waals surface area (Å²) in [6.07, 6.45) is -4.17. The van der Waals surface area contributed by atoms with Gasteiger partial charge < -0.3 is 39.1 Å². The third-order valence-electron chi connectivity index (χ3n) is 0. The summed E-state index contributed by atoms with van der Waals surface area (Å²) in [4.78, 5) is 16.9. The molecule has 0 saturated carbocycles. The normalized spacial score (nSPS) is 7.07. The van der Waals surface area contributed by atoms with E-state index in [1.54, 1.807) is 0 Å². The number of hydrogen-bond acceptors (Lipinski definition) is 8. The SMILES string of the molecule is O=C([O-])O.O=C([O-])O.O=S(=O)([O-])[O-].[Ca+2].[Mg+2]. The average Bonchev–Trinajstić information content (AvgIpc) is 1.50. The summed E-state index contributed by atoms with van der Waals surface area (Å²) < 4.78 is 34.1. The molecule has 15 heavy (non-hydrogen) atoms. The fourth-order valence-corrected chi connectivity index (χ4v) is 0. The van der Waals surface area contributed by atoms with Crippen LogP contribution in [0.5, 0.6) is 0 Å². The van der Waals surface area contributed by atoms with E-state index in [1.807, 2.05) is 0 Å². The predicted molar refractivity (Wildman–Crippen MR) is 38.0 cm³/mol. The monoisotopic (exact) mass is 282 g/mol. The Kier molecular flexibility index (Phi) is 33.2. The quantitative estimate of drug-likeness (QED) is 0.248. The van der Waals surface area contributed by atoms with Crippen molar-refractivity contribution in [1.82, 2.24) is 0 Å². The standard InChI is InChI=1S/2CH2O3.Ca.Mg.H2O4S/c2*2-1(3)4;;;1-5(2,3)4/h2*(H2,2,3,4);;;(H2,1,2,3,4)/q;;2*+2;/p-4. The molecule has 0 amide bonds. The Hall–Kier alpha value is 0.436. The molecule has 13 heteroatoms. The molecule has 0 atom stereocenters. The summed E-state index contributed by atoms with van der Waals surface area (Å²) in [6.45, 7) is 0. The zero-order valence-corrected chi connectivity index (χ0v) is 11.4. The summed E-state index contributed by atoms with van der Waals surface area (Å²) in [5, 5.41) is 30.6. The van der Waals surface area contributed by atoms with Gasteiger partial charge in [-0.15, -0.1) is 0 Å². The molecule has 0 aromatic carbocycles. The first-order chi connectivity index (χ1) is 5.46. The van der Waals surface area contributed by atoms with Gasteiger partial charge in [-0.2, -0.15) is 0 Å². The van der Waals surface area contributed by atoms with Gasteiger partial charge in [0, 0.05) is 10.4 Å². The van der Waals surface area contributed by atoms with E-state index in [9.17, 15) is 0 Å². The van der Waals surface area contributed by atoms with Gasteiger partial charge in [0.1, 0.15) is 0 Å². The summed E-state index contributed by atoms with van der Waals surface area (Å²) in [6, 6.07) is 0. The Balaban J connectivity index is -0.0000000315. The maximum absolute atomic E-state index is 8.52. The Bertz CT molecular complexity index is 218. The molecule has 2 N–H and O–H groups in total. The smallest absolute Gasteiger partial charge is 0.759 e. The second kappa shape index (κ2) is 16.9. The van der Waals surface area contributed by atoms with Crippen molar-refractivity contribution >= 4 is 83.5 Å². The summed E-state index contributed by atoms with van der Waals surface area (Å²) in [5.74, 6) is 0. The molecule has 0 fully saturated rings. The topological polar surface area (TPSA) is 201 Å². The Morgan fingerprint density at radius 2 is 0.933 bits per heavy atom. The van der Waals surface area contributed by atoms with E-state index >= 15 is 0 Å². The van der Waals surface area contributed by atoms with E-state index in [4.69, 9.17) is 47.5 Å². The van der Waals surface area contributed by atoms with Crippen molar-refractivity contribution < 1.29 is 47.5 Å². The van der Waals surface area contributed by atoms with Gasteiger partial charge in [0.15, 0.2) is 0 Å². The van der Waals surface area contributed by atoms with E-state index in [2.05, 4.69) is 0 Å². The van der Waals surface area contributed by atoms with Gasteiger partial charge >= 0.3 is 60.8 Å². The Morgan fingerprint density at radius 1 is 0.933 bits per heavy atom. The summed E-state index contributed by atoms with van der Waals surface area (Å²) >= 11 is 0. The molecule has 0 aromatic rings. The van der Waals surface area contributed by atoms with Gasteiger partial charge in [-0.05, 0) is 0 Å². The van der Waals surface area contributed by atoms with Crippen LogP contribution in [0.25, 0.3) is 0 Å². The van der Waals surface area contributed by atoms with Crippen LogP contribution in [0.3, 0.4) is 0 Å². The van der Waals surface area contributed by atoms with Gasteiger partial charge in [-0.25, -0.2) is 0 Å². The van der Waals surface area contributed by atoms with Crippen LogP contribution in [0.1, 0.15) is 0 Å². The fraction of sp³-hybridized carbons (Fsp3) is 0. The van der Waals surface area contributed by atoms with Crippen LogP contribution in [0.15, 0.2) is 0 Å². The zero-order chi connectivity index (χ0) is 11.7. The molecular weight excluding hydrogens is 280 g/mol. The van der Waals surface area contributed by atoms with Crippen molar-refractivity contribution in [1.29, 1.82) is 0 Å². The molecule has 0 rings (SSSR count). The van der Waals surface area contributed by atoms with Crippen LogP contribution in [-0.4, -0.2) is 101 Å². The van der Waals surface area contributed by atoms with Gasteiger partial charge in [-0.1, -0.05) is 0 Å².